The van der Waals surface area contributed by atoms with Crippen molar-refractivity contribution in [3.63, 3.8) is 0 Å². The number of carbonyl (C=O) groups is 1. The summed E-state index contributed by atoms with van der Waals surface area (Å²) in [6.07, 6.45) is 7.93. The molecule has 152 valence electrons. The van der Waals surface area contributed by atoms with Crippen molar-refractivity contribution in [1.82, 2.24) is 29.7 Å². The van der Waals surface area contributed by atoms with Crippen LogP contribution in [0.15, 0.2) is 6.33 Å². The van der Waals surface area contributed by atoms with Crippen LogP contribution in [0.25, 0.3) is 11.2 Å². The molecule has 9 heteroatoms. The summed E-state index contributed by atoms with van der Waals surface area (Å²) in [5.41, 5.74) is 1.22. The average molecular weight is 406 g/mol. The summed E-state index contributed by atoms with van der Waals surface area (Å²) < 4.78 is 1.74. The second-order valence-electron chi connectivity index (χ2n) is 8.06. The lowest BCUT2D eigenvalue weighted by Crippen LogP contribution is -2.51. The minimum absolute atomic E-state index is 0.0200. The lowest BCUT2D eigenvalue weighted by Gasteiger charge is -2.44. The van der Waals surface area contributed by atoms with Gasteiger partial charge in [0.1, 0.15) is 6.54 Å². The van der Waals surface area contributed by atoms with E-state index < -0.39 is 0 Å². The molecule has 0 spiro atoms. The number of aromatic nitrogens is 4. The molecule has 2 atom stereocenters. The van der Waals surface area contributed by atoms with Gasteiger partial charge in [-0.25, -0.2) is 4.98 Å². The molecule has 0 saturated carbocycles. The number of rotatable bonds is 5. The first-order valence-electron chi connectivity index (χ1n) is 10.1. The monoisotopic (exact) mass is 405 g/mol. The van der Waals surface area contributed by atoms with Crippen molar-refractivity contribution >= 4 is 34.5 Å². The van der Waals surface area contributed by atoms with Gasteiger partial charge in [0.25, 0.3) is 0 Å². The molecule has 0 radical (unpaired) electrons. The molecule has 2 aliphatic heterocycles. The SMILES string of the molecule is CN(C)c1nc(Cl)nc2c1ncn2CC(=O)NC[C@@H]1CCCN2CCCC[C@H]12. The van der Waals surface area contributed by atoms with Crippen LogP contribution in [-0.4, -0.2) is 70.1 Å². The predicted octanol–water partition coefficient (Wildman–Crippen LogP) is 1.93. The van der Waals surface area contributed by atoms with Crippen LogP contribution < -0.4 is 10.2 Å². The van der Waals surface area contributed by atoms with E-state index in [9.17, 15) is 4.79 Å². The quantitative estimate of drug-likeness (QED) is 0.765. The van der Waals surface area contributed by atoms with Gasteiger partial charge in [-0.05, 0) is 56.3 Å². The summed E-state index contributed by atoms with van der Waals surface area (Å²) in [7, 11) is 3.76. The molecule has 4 heterocycles. The summed E-state index contributed by atoms with van der Waals surface area (Å²) >= 11 is 6.07. The number of carbonyl (C=O) groups excluding carboxylic acids is 1. The van der Waals surface area contributed by atoms with E-state index in [1.165, 1.54) is 45.2 Å². The molecule has 8 nitrogen and oxygen atoms in total. The van der Waals surface area contributed by atoms with E-state index in [1.54, 1.807) is 10.9 Å². The molecule has 2 saturated heterocycles. The molecule has 0 unspecified atom stereocenters. The van der Waals surface area contributed by atoms with Gasteiger partial charge in [0.05, 0.1) is 6.33 Å². The zero-order valence-corrected chi connectivity index (χ0v) is 17.3. The van der Waals surface area contributed by atoms with Gasteiger partial charge in [0.2, 0.25) is 11.2 Å². The van der Waals surface area contributed by atoms with Gasteiger partial charge in [-0.2, -0.15) is 9.97 Å². The number of amides is 1. The Bertz CT molecular complexity index is 850. The van der Waals surface area contributed by atoms with Gasteiger partial charge in [0.15, 0.2) is 17.0 Å². The average Bonchev–Trinajstić information content (AvgIpc) is 3.08. The molecule has 0 bridgehead atoms. The third-order valence-electron chi connectivity index (χ3n) is 5.95. The van der Waals surface area contributed by atoms with Crippen LogP contribution in [0.2, 0.25) is 5.28 Å². The van der Waals surface area contributed by atoms with Crippen LogP contribution >= 0.6 is 11.6 Å². The molecular weight excluding hydrogens is 378 g/mol. The minimum atomic E-state index is -0.0200. The summed E-state index contributed by atoms with van der Waals surface area (Å²) in [4.78, 5) is 30.0. The molecular formula is C19H28ClN7O. The highest BCUT2D eigenvalue weighted by Crippen LogP contribution is 2.30. The molecule has 2 aromatic heterocycles. The Morgan fingerprint density at radius 3 is 2.89 bits per heavy atom. The van der Waals surface area contributed by atoms with Crippen molar-refractivity contribution in [3.8, 4) is 0 Å². The predicted molar refractivity (Wildman–Crippen MR) is 110 cm³/mol. The standard InChI is InChI=1S/C19H28ClN7O/c1-25(2)17-16-18(24-19(20)23-17)27(12-22-16)11-15(28)21-10-13-6-5-9-26-8-4-3-7-14(13)26/h12-14H,3-11H2,1-2H3,(H,21,28)/t13-,14+/m0/s1. The highest BCUT2D eigenvalue weighted by molar-refractivity contribution is 6.28. The van der Waals surface area contributed by atoms with Crippen LogP contribution in [0.4, 0.5) is 5.82 Å². The van der Waals surface area contributed by atoms with E-state index in [2.05, 4.69) is 25.2 Å². The Morgan fingerprint density at radius 1 is 1.25 bits per heavy atom. The number of fused-ring (bicyclic) bond motifs is 2. The maximum Gasteiger partial charge on any atom is 0.240 e. The zero-order valence-electron chi connectivity index (χ0n) is 16.6. The highest BCUT2D eigenvalue weighted by atomic mass is 35.5. The van der Waals surface area contributed by atoms with Crippen LogP contribution in [0, 0.1) is 5.92 Å². The van der Waals surface area contributed by atoms with Gasteiger partial charge in [-0.1, -0.05) is 6.42 Å². The number of hydrogen-bond donors (Lipinski definition) is 1. The molecule has 1 N–H and O–H groups in total. The lowest BCUT2D eigenvalue weighted by atomic mass is 9.83. The van der Waals surface area contributed by atoms with Gasteiger partial charge < -0.3 is 19.7 Å². The maximum atomic E-state index is 12.6. The first-order valence-corrected chi connectivity index (χ1v) is 10.5. The first kappa shape index (κ1) is 19.4. The van der Waals surface area contributed by atoms with E-state index in [0.29, 0.717) is 28.9 Å². The molecule has 0 aromatic carbocycles. The van der Waals surface area contributed by atoms with Crippen LogP contribution in [0.1, 0.15) is 32.1 Å². The molecule has 2 aromatic rings. The fourth-order valence-electron chi connectivity index (χ4n) is 4.60. The van der Waals surface area contributed by atoms with Crippen LogP contribution in [0.5, 0.6) is 0 Å². The second kappa shape index (κ2) is 8.21. The number of nitrogens with zero attached hydrogens (tertiary/aromatic N) is 6. The Kier molecular flexibility index (Phi) is 5.68. The van der Waals surface area contributed by atoms with E-state index in [-0.39, 0.29) is 17.7 Å². The molecule has 0 aliphatic carbocycles. The minimum Gasteiger partial charge on any atom is -0.361 e. The van der Waals surface area contributed by atoms with Crippen LogP contribution in [0.3, 0.4) is 0 Å². The number of anilines is 1. The Labute approximate surface area is 170 Å². The number of halogens is 1. The molecule has 28 heavy (non-hydrogen) atoms. The number of nitrogens with one attached hydrogen (secondary N) is 1. The fraction of sp³-hybridized carbons (Fsp3) is 0.684. The van der Waals surface area contributed by atoms with E-state index in [1.807, 2.05) is 19.0 Å². The zero-order chi connectivity index (χ0) is 19.7. The van der Waals surface area contributed by atoms with Crippen molar-refractivity contribution in [2.45, 2.75) is 44.7 Å². The summed E-state index contributed by atoms with van der Waals surface area (Å²) in [5, 5.41) is 3.29. The molecule has 2 fully saturated rings. The smallest absolute Gasteiger partial charge is 0.240 e. The van der Waals surface area contributed by atoms with Crippen molar-refractivity contribution in [3.05, 3.63) is 11.6 Å². The fourth-order valence-corrected chi connectivity index (χ4v) is 4.76. The lowest BCUT2D eigenvalue weighted by molar-refractivity contribution is -0.122. The number of hydrogen-bond acceptors (Lipinski definition) is 6. The van der Waals surface area contributed by atoms with Crippen LogP contribution in [-0.2, 0) is 11.3 Å². The molecule has 2 aliphatic rings. The van der Waals surface area contributed by atoms with Crippen molar-refractivity contribution in [2.24, 2.45) is 5.92 Å². The summed E-state index contributed by atoms with van der Waals surface area (Å²) in [6, 6.07) is 0.631. The van der Waals surface area contributed by atoms with Gasteiger partial charge in [-0.15, -0.1) is 0 Å². The third kappa shape index (κ3) is 3.93. The first-order chi connectivity index (χ1) is 13.5. The van der Waals surface area contributed by atoms with Gasteiger partial charge in [-0.3, -0.25) is 4.79 Å². The van der Waals surface area contributed by atoms with Crippen molar-refractivity contribution < 1.29 is 4.79 Å². The Hall–Kier alpha value is -1.93. The second-order valence-corrected chi connectivity index (χ2v) is 8.40. The summed E-state index contributed by atoms with van der Waals surface area (Å²) in [6.45, 7) is 3.35. The van der Waals surface area contributed by atoms with Crippen molar-refractivity contribution in [1.29, 1.82) is 0 Å². The van der Waals surface area contributed by atoms with Gasteiger partial charge in [0, 0.05) is 26.7 Å². The maximum absolute atomic E-state index is 12.6. The summed E-state index contributed by atoms with van der Waals surface area (Å²) in [5.74, 6) is 1.18. The third-order valence-corrected chi connectivity index (χ3v) is 6.11. The Morgan fingerprint density at radius 2 is 2.07 bits per heavy atom. The van der Waals surface area contributed by atoms with Crippen molar-refractivity contribution in [2.75, 3.05) is 38.6 Å². The topological polar surface area (TPSA) is 79.2 Å². The largest absolute Gasteiger partial charge is 0.361 e. The molecule has 4 rings (SSSR count). The van der Waals surface area contributed by atoms with Gasteiger partial charge >= 0.3 is 0 Å². The van der Waals surface area contributed by atoms with E-state index >= 15 is 0 Å². The Balaban J connectivity index is 1.41. The number of imidazole rings is 1. The molecule has 1 amide bonds. The van der Waals surface area contributed by atoms with E-state index in [0.717, 1.165) is 6.54 Å². The normalized spacial score (nSPS) is 22.8. The highest BCUT2D eigenvalue weighted by Gasteiger charge is 2.32. The van der Waals surface area contributed by atoms with E-state index in [4.69, 9.17) is 11.6 Å². The number of piperidine rings is 2.